The molecule has 0 spiro atoms. The zero-order chi connectivity index (χ0) is 21.6. The van der Waals surface area contributed by atoms with Gasteiger partial charge in [-0.05, 0) is 42.7 Å². The van der Waals surface area contributed by atoms with Gasteiger partial charge in [0.05, 0.1) is 16.2 Å². The molecular formula is C18H15ClF5NO3S. The molecule has 1 heterocycles. The zero-order valence-electron chi connectivity index (χ0n) is 14.7. The number of hydrogen-bond donors (Lipinski definition) is 1. The van der Waals surface area contributed by atoms with Crippen molar-refractivity contribution < 1.29 is 35.5 Å². The summed E-state index contributed by atoms with van der Waals surface area (Å²) in [6.45, 7) is -0.673. The van der Waals surface area contributed by atoms with E-state index in [1.807, 2.05) is 0 Å². The Bertz CT molecular complexity index is 1010. The number of aliphatic hydroxyl groups is 1. The first kappa shape index (κ1) is 21.9. The Kier molecular flexibility index (Phi) is 5.67. The van der Waals surface area contributed by atoms with Crippen molar-refractivity contribution in [3.05, 3.63) is 64.2 Å². The monoisotopic (exact) mass is 455 g/mol. The fraction of sp³-hybridized carbons (Fsp3) is 0.333. The van der Waals surface area contributed by atoms with Crippen molar-refractivity contribution in [2.24, 2.45) is 0 Å². The van der Waals surface area contributed by atoms with Crippen LogP contribution in [0.1, 0.15) is 24.0 Å². The third-order valence-electron chi connectivity index (χ3n) is 4.88. The number of rotatable bonds is 3. The lowest BCUT2D eigenvalue weighted by molar-refractivity contribution is -0.137. The molecule has 1 N–H and O–H groups in total. The van der Waals surface area contributed by atoms with Gasteiger partial charge in [0.25, 0.3) is 0 Å². The SMILES string of the molecule is O=S(=O)(c1c(F)cccc1F)N1CCC(O)(c2ccc(Cl)c(C(F)(F)F)c2)CC1. The van der Waals surface area contributed by atoms with Crippen LogP contribution in [0, 0.1) is 11.6 Å². The Morgan fingerprint density at radius 2 is 1.59 bits per heavy atom. The maximum atomic E-state index is 13.9. The minimum Gasteiger partial charge on any atom is -0.385 e. The van der Waals surface area contributed by atoms with Crippen molar-refractivity contribution in [1.82, 2.24) is 4.31 Å². The lowest BCUT2D eigenvalue weighted by atomic mass is 9.84. The molecule has 0 radical (unpaired) electrons. The van der Waals surface area contributed by atoms with Crippen LogP contribution in [0.3, 0.4) is 0 Å². The summed E-state index contributed by atoms with van der Waals surface area (Å²) >= 11 is 5.59. The second-order valence-electron chi connectivity index (χ2n) is 6.68. The van der Waals surface area contributed by atoms with Crippen molar-refractivity contribution in [3.63, 3.8) is 0 Å². The summed E-state index contributed by atoms with van der Waals surface area (Å²) in [6, 6.07) is 5.61. The number of hydrogen-bond acceptors (Lipinski definition) is 3. The van der Waals surface area contributed by atoms with E-state index in [2.05, 4.69) is 0 Å². The third-order valence-corrected chi connectivity index (χ3v) is 7.16. The van der Waals surface area contributed by atoms with Crippen molar-refractivity contribution in [1.29, 1.82) is 0 Å². The lowest BCUT2D eigenvalue weighted by Crippen LogP contribution is -2.45. The van der Waals surface area contributed by atoms with E-state index in [0.717, 1.165) is 34.6 Å². The molecule has 2 aromatic rings. The van der Waals surface area contributed by atoms with Crippen LogP contribution >= 0.6 is 11.6 Å². The maximum Gasteiger partial charge on any atom is 0.417 e. The first-order chi connectivity index (χ1) is 13.4. The number of alkyl halides is 3. The standard InChI is InChI=1S/C18H15ClF5NO3S/c19-13-5-4-11(10-12(13)18(22,23)24)17(26)6-8-25(9-7-17)29(27,28)16-14(20)2-1-3-15(16)21/h1-5,10,26H,6-9H2. The highest BCUT2D eigenvalue weighted by atomic mass is 35.5. The Morgan fingerprint density at radius 1 is 1.03 bits per heavy atom. The van der Waals surface area contributed by atoms with E-state index >= 15 is 0 Å². The highest BCUT2D eigenvalue weighted by molar-refractivity contribution is 7.89. The molecule has 1 aliphatic heterocycles. The number of benzene rings is 2. The normalized spacial score (nSPS) is 18.0. The molecule has 0 bridgehead atoms. The highest BCUT2D eigenvalue weighted by Crippen LogP contribution is 2.40. The fourth-order valence-corrected chi connectivity index (χ4v) is 5.05. The third kappa shape index (κ3) is 4.11. The molecule has 4 nitrogen and oxygen atoms in total. The van der Waals surface area contributed by atoms with E-state index in [0.29, 0.717) is 0 Å². The molecule has 0 atom stereocenters. The Balaban J connectivity index is 1.87. The maximum absolute atomic E-state index is 13.9. The number of halogens is 6. The summed E-state index contributed by atoms with van der Waals surface area (Å²) in [4.78, 5) is -1.10. The van der Waals surface area contributed by atoms with Crippen LogP contribution in [-0.2, 0) is 21.8 Å². The largest absolute Gasteiger partial charge is 0.417 e. The van der Waals surface area contributed by atoms with Crippen LogP contribution in [-0.4, -0.2) is 30.9 Å². The molecule has 0 aliphatic carbocycles. The first-order valence-corrected chi connectivity index (χ1v) is 10.2. The fourth-order valence-electron chi connectivity index (χ4n) is 3.28. The molecule has 3 rings (SSSR count). The lowest BCUT2D eigenvalue weighted by Gasteiger charge is -2.38. The van der Waals surface area contributed by atoms with Gasteiger partial charge < -0.3 is 5.11 Å². The number of piperidine rings is 1. The topological polar surface area (TPSA) is 57.6 Å². The van der Waals surface area contributed by atoms with Gasteiger partial charge in [0.1, 0.15) is 11.6 Å². The molecular weight excluding hydrogens is 441 g/mol. The second kappa shape index (κ2) is 7.50. The molecule has 1 fully saturated rings. The van der Waals surface area contributed by atoms with Gasteiger partial charge in [-0.3, -0.25) is 0 Å². The zero-order valence-corrected chi connectivity index (χ0v) is 16.3. The Labute approximate surface area is 168 Å². The summed E-state index contributed by atoms with van der Waals surface area (Å²) in [5, 5.41) is 10.3. The van der Waals surface area contributed by atoms with Gasteiger partial charge in [-0.25, -0.2) is 17.2 Å². The molecule has 0 amide bonds. The van der Waals surface area contributed by atoms with Gasteiger partial charge in [-0.15, -0.1) is 0 Å². The molecule has 29 heavy (non-hydrogen) atoms. The molecule has 2 aromatic carbocycles. The molecule has 0 unspecified atom stereocenters. The average molecular weight is 456 g/mol. The summed E-state index contributed by atoms with van der Waals surface area (Å²) in [5.41, 5.74) is -2.93. The van der Waals surface area contributed by atoms with E-state index in [4.69, 9.17) is 11.6 Å². The molecule has 1 aliphatic rings. The van der Waals surface area contributed by atoms with Gasteiger partial charge in [-0.1, -0.05) is 23.7 Å². The van der Waals surface area contributed by atoms with Crippen molar-refractivity contribution in [2.45, 2.75) is 29.5 Å². The summed E-state index contributed by atoms with van der Waals surface area (Å²) < 4.78 is 93.0. The quantitative estimate of drug-likeness (QED) is 0.702. The van der Waals surface area contributed by atoms with Crippen LogP contribution in [0.5, 0.6) is 0 Å². The number of sulfonamides is 1. The molecule has 158 valence electrons. The van der Waals surface area contributed by atoms with Gasteiger partial charge >= 0.3 is 6.18 Å². The van der Waals surface area contributed by atoms with Crippen molar-refractivity contribution in [3.8, 4) is 0 Å². The van der Waals surface area contributed by atoms with Crippen LogP contribution in [0.4, 0.5) is 22.0 Å². The highest BCUT2D eigenvalue weighted by Gasteiger charge is 2.41. The minimum atomic E-state index is -4.73. The second-order valence-corrected chi connectivity index (χ2v) is 8.96. The minimum absolute atomic E-state index is 0.0663. The van der Waals surface area contributed by atoms with Crippen LogP contribution in [0.2, 0.25) is 5.02 Å². The average Bonchev–Trinajstić information content (AvgIpc) is 2.61. The van der Waals surface area contributed by atoms with E-state index in [1.165, 1.54) is 6.07 Å². The smallest absolute Gasteiger partial charge is 0.385 e. The molecule has 0 aromatic heterocycles. The van der Waals surface area contributed by atoms with Gasteiger partial charge in [0.2, 0.25) is 10.0 Å². The molecule has 0 saturated carbocycles. The number of nitrogens with zero attached hydrogens (tertiary/aromatic N) is 1. The van der Waals surface area contributed by atoms with Gasteiger partial charge in [-0.2, -0.15) is 17.5 Å². The van der Waals surface area contributed by atoms with E-state index in [1.54, 1.807) is 0 Å². The Morgan fingerprint density at radius 3 is 2.10 bits per heavy atom. The summed E-state index contributed by atoms with van der Waals surface area (Å²) in [7, 11) is -4.52. The van der Waals surface area contributed by atoms with Gasteiger partial charge in [0, 0.05) is 13.1 Å². The van der Waals surface area contributed by atoms with Crippen molar-refractivity contribution in [2.75, 3.05) is 13.1 Å². The van der Waals surface area contributed by atoms with Crippen molar-refractivity contribution >= 4 is 21.6 Å². The van der Waals surface area contributed by atoms with Gasteiger partial charge in [0.15, 0.2) is 4.90 Å². The van der Waals surface area contributed by atoms with E-state index in [-0.39, 0.29) is 31.5 Å². The molecule has 1 saturated heterocycles. The van der Waals surface area contributed by atoms with Crippen LogP contribution < -0.4 is 0 Å². The summed E-state index contributed by atoms with van der Waals surface area (Å²) in [6.07, 6.45) is -5.25. The summed E-state index contributed by atoms with van der Waals surface area (Å²) in [5.74, 6) is -2.50. The van der Waals surface area contributed by atoms with Crippen LogP contribution in [0.25, 0.3) is 0 Å². The van der Waals surface area contributed by atoms with Crippen LogP contribution in [0.15, 0.2) is 41.3 Å². The first-order valence-electron chi connectivity index (χ1n) is 8.40. The molecule has 11 heteroatoms. The predicted molar refractivity (Wildman–Crippen MR) is 94.7 cm³/mol. The Hall–Kier alpha value is -1.75. The predicted octanol–water partition coefficient (Wildman–Crippen LogP) is 4.31. The van der Waals surface area contributed by atoms with E-state index in [9.17, 15) is 35.5 Å². The van der Waals surface area contributed by atoms with E-state index < -0.39 is 48.9 Å².